The maximum Gasteiger partial charge on any atom is 0.163 e. The van der Waals surface area contributed by atoms with Gasteiger partial charge in [-0.2, -0.15) is 11.8 Å². The topological polar surface area (TPSA) is 38.0 Å². The Labute approximate surface area is 83.7 Å². The van der Waals surface area contributed by atoms with Crippen LogP contribution in [0.15, 0.2) is 0 Å². The smallest absolute Gasteiger partial charge is 0.163 e. The zero-order chi connectivity index (χ0) is 8.97. The summed E-state index contributed by atoms with van der Waals surface area (Å²) < 4.78 is 0. The minimum atomic E-state index is 0.446. The van der Waals surface area contributed by atoms with Gasteiger partial charge in [0.15, 0.2) is 5.11 Å². The van der Waals surface area contributed by atoms with Crippen LogP contribution in [0.5, 0.6) is 0 Å². The molecule has 1 aliphatic carbocycles. The van der Waals surface area contributed by atoms with Crippen molar-refractivity contribution in [1.29, 1.82) is 0 Å². The van der Waals surface area contributed by atoms with E-state index in [1.165, 1.54) is 25.0 Å². The summed E-state index contributed by atoms with van der Waals surface area (Å²) >= 11 is 6.84. The average Bonchev–Trinajstić information content (AvgIpc) is 2.36. The van der Waals surface area contributed by atoms with E-state index >= 15 is 0 Å². The molecule has 0 heterocycles. The number of rotatable bonds is 3. The highest BCUT2D eigenvalue weighted by atomic mass is 32.2. The van der Waals surface area contributed by atoms with Crippen LogP contribution in [0.1, 0.15) is 26.2 Å². The predicted octanol–water partition coefficient (Wildman–Crippen LogP) is 1.49. The maximum absolute atomic E-state index is 5.41. The summed E-state index contributed by atoms with van der Waals surface area (Å²) in [5, 5.41) is 4.39. The molecule has 1 saturated carbocycles. The zero-order valence-electron chi connectivity index (χ0n) is 7.38. The fourth-order valence-electron chi connectivity index (χ4n) is 1.66. The maximum atomic E-state index is 5.41. The van der Waals surface area contributed by atoms with E-state index in [1.54, 1.807) is 0 Å². The van der Waals surface area contributed by atoms with Gasteiger partial charge in [0.05, 0.1) is 0 Å². The Kier molecular flexibility index (Phi) is 4.15. The van der Waals surface area contributed by atoms with Crippen LogP contribution >= 0.6 is 24.0 Å². The van der Waals surface area contributed by atoms with Crippen molar-refractivity contribution < 1.29 is 0 Å². The Balaban J connectivity index is 2.21. The van der Waals surface area contributed by atoms with Crippen molar-refractivity contribution >= 4 is 29.1 Å². The van der Waals surface area contributed by atoms with E-state index in [2.05, 4.69) is 12.2 Å². The molecule has 0 aromatic carbocycles. The Morgan fingerprint density at radius 3 is 3.00 bits per heavy atom. The second kappa shape index (κ2) is 4.92. The molecule has 0 spiro atoms. The van der Waals surface area contributed by atoms with Gasteiger partial charge in [-0.1, -0.05) is 6.92 Å². The van der Waals surface area contributed by atoms with Gasteiger partial charge in [-0.05, 0) is 37.2 Å². The number of hydrogen-bond donors (Lipinski definition) is 2. The molecule has 1 aliphatic rings. The third-order valence-electron chi connectivity index (χ3n) is 2.13. The molecular weight excluding hydrogens is 188 g/mol. The van der Waals surface area contributed by atoms with E-state index in [9.17, 15) is 0 Å². The lowest BCUT2D eigenvalue weighted by Crippen LogP contribution is -2.36. The van der Waals surface area contributed by atoms with Crippen molar-refractivity contribution in [1.82, 2.24) is 5.32 Å². The number of nitrogens with two attached hydrogens (primary N) is 1. The fourth-order valence-corrected chi connectivity index (χ4v) is 2.97. The quantitative estimate of drug-likeness (QED) is 0.683. The van der Waals surface area contributed by atoms with E-state index in [0.29, 0.717) is 11.2 Å². The molecule has 0 saturated heterocycles. The molecule has 0 aliphatic heterocycles. The van der Waals surface area contributed by atoms with Crippen LogP contribution in [0.25, 0.3) is 0 Å². The molecule has 12 heavy (non-hydrogen) atoms. The normalized spacial score (nSPS) is 28.8. The van der Waals surface area contributed by atoms with Crippen molar-refractivity contribution in [3.63, 3.8) is 0 Å². The third-order valence-corrected chi connectivity index (χ3v) is 3.48. The van der Waals surface area contributed by atoms with Crippen LogP contribution < -0.4 is 11.1 Å². The highest BCUT2D eigenvalue weighted by molar-refractivity contribution is 7.99. The van der Waals surface area contributed by atoms with E-state index in [-0.39, 0.29) is 0 Å². The molecule has 0 aromatic heterocycles. The Morgan fingerprint density at radius 2 is 2.42 bits per heavy atom. The van der Waals surface area contributed by atoms with Gasteiger partial charge in [0, 0.05) is 11.3 Å². The Bertz CT molecular complexity index is 161. The number of nitrogens with one attached hydrogen (secondary N) is 1. The molecule has 2 unspecified atom stereocenters. The predicted molar refractivity (Wildman–Crippen MR) is 59.5 cm³/mol. The van der Waals surface area contributed by atoms with Crippen molar-refractivity contribution in [2.45, 2.75) is 37.5 Å². The summed E-state index contributed by atoms with van der Waals surface area (Å²) in [4.78, 5) is 0. The van der Waals surface area contributed by atoms with Crippen LogP contribution in [0, 0.1) is 0 Å². The second-order valence-electron chi connectivity index (χ2n) is 3.10. The van der Waals surface area contributed by atoms with Gasteiger partial charge < -0.3 is 11.1 Å². The largest absolute Gasteiger partial charge is 0.376 e. The van der Waals surface area contributed by atoms with Crippen LogP contribution in [0.2, 0.25) is 0 Å². The van der Waals surface area contributed by atoms with Crippen molar-refractivity contribution in [3.8, 4) is 0 Å². The molecule has 1 rings (SSSR count). The van der Waals surface area contributed by atoms with E-state index in [1.807, 2.05) is 11.8 Å². The highest BCUT2D eigenvalue weighted by Crippen LogP contribution is 2.29. The molecule has 0 radical (unpaired) electrons. The van der Waals surface area contributed by atoms with Gasteiger partial charge in [0.2, 0.25) is 0 Å². The molecule has 1 fully saturated rings. The summed E-state index contributed by atoms with van der Waals surface area (Å²) in [5.41, 5.74) is 5.41. The van der Waals surface area contributed by atoms with E-state index in [4.69, 9.17) is 18.0 Å². The fraction of sp³-hybridized carbons (Fsp3) is 0.875. The summed E-state index contributed by atoms with van der Waals surface area (Å²) in [6.07, 6.45) is 3.74. The van der Waals surface area contributed by atoms with Crippen molar-refractivity contribution in [3.05, 3.63) is 0 Å². The van der Waals surface area contributed by atoms with Crippen LogP contribution in [-0.4, -0.2) is 22.2 Å². The third kappa shape index (κ3) is 3.19. The molecule has 2 atom stereocenters. The number of thioether (sulfide) groups is 1. The van der Waals surface area contributed by atoms with Crippen LogP contribution in [-0.2, 0) is 0 Å². The van der Waals surface area contributed by atoms with Gasteiger partial charge >= 0.3 is 0 Å². The lowest BCUT2D eigenvalue weighted by Gasteiger charge is -2.12. The Hall–Kier alpha value is 0.0400. The first-order valence-corrected chi connectivity index (χ1v) is 5.85. The van der Waals surface area contributed by atoms with Crippen molar-refractivity contribution in [2.75, 3.05) is 5.75 Å². The Morgan fingerprint density at radius 1 is 1.67 bits per heavy atom. The minimum Gasteiger partial charge on any atom is -0.376 e. The first kappa shape index (κ1) is 10.1. The SMILES string of the molecule is CCSC1CCC(NC(N)=S)C1. The van der Waals surface area contributed by atoms with Gasteiger partial charge in [-0.15, -0.1) is 0 Å². The zero-order valence-corrected chi connectivity index (χ0v) is 9.01. The lowest BCUT2D eigenvalue weighted by atomic mass is 10.3. The first-order valence-electron chi connectivity index (χ1n) is 4.40. The van der Waals surface area contributed by atoms with Gasteiger partial charge in [0.1, 0.15) is 0 Å². The summed E-state index contributed by atoms with van der Waals surface area (Å²) in [6, 6.07) is 0.534. The lowest BCUT2D eigenvalue weighted by molar-refractivity contribution is 0.634. The standard InChI is InChI=1S/C8H16N2S2/c1-2-12-7-4-3-6(5-7)10-8(9)11/h6-7H,2-5H2,1H3,(H3,9,10,11). The van der Waals surface area contributed by atoms with Crippen LogP contribution in [0.4, 0.5) is 0 Å². The minimum absolute atomic E-state index is 0.446. The summed E-state index contributed by atoms with van der Waals surface area (Å²) in [7, 11) is 0. The van der Waals surface area contributed by atoms with Gasteiger partial charge in [-0.3, -0.25) is 0 Å². The molecule has 4 heteroatoms. The monoisotopic (exact) mass is 204 g/mol. The van der Waals surface area contributed by atoms with E-state index < -0.39 is 0 Å². The number of hydrogen-bond acceptors (Lipinski definition) is 2. The molecule has 3 N–H and O–H groups in total. The van der Waals surface area contributed by atoms with Crippen molar-refractivity contribution in [2.24, 2.45) is 5.73 Å². The second-order valence-corrected chi connectivity index (χ2v) is 5.11. The molecule has 70 valence electrons. The number of thiocarbonyl (C=S) groups is 1. The van der Waals surface area contributed by atoms with E-state index in [0.717, 1.165) is 5.25 Å². The molecule has 0 bridgehead atoms. The molecular formula is C8H16N2S2. The molecule has 2 nitrogen and oxygen atoms in total. The molecule has 0 amide bonds. The average molecular weight is 204 g/mol. The summed E-state index contributed by atoms with van der Waals surface area (Å²) in [6.45, 7) is 2.21. The van der Waals surface area contributed by atoms with Crippen LogP contribution in [0.3, 0.4) is 0 Å². The molecule has 0 aromatic rings. The first-order chi connectivity index (χ1) is 5.72. The van der Waals surface area contributed by atoms with Gasteiger partial charge in [-0.25, -0.2) is 0 Å². The van der Waals surface area contributed by atoms with Gasteiger partial charge in [0.25, 0.3) is 0 Å². The summed E-state index contributed by atoms with van der Waals surface area (Å²) in [5.74, 6) is 1.21. The highest BCUT2D eigenvalue weighted by Gasteiger charge is 2.24.